The van der Waals surface area contributed by atoms with Crippen LogP contribution in [0.4, 0.5) is 5.95 Å². The highest BCUT2D eigenvalue weighted by atomic mass is 35.5. The van der Waals surface area contributed by atoms with E-state index in [1.807, 2.05) is 26.0 Å². The van der Waals surface area contributed by atoms with Gasteiger partial charge in [0.15, 0.2) is 5.65 Å². The summed E-state index contributed by atoms with van der Waals surface area (Å²) < 4.78 is 2.48. The average Bonchev–Trinajstić information content (AvgIpc) is 3.61. The SMILES string of the molecule is Cc1csc([C@H]2CN(c3nc4n[nH]c(-c5ccc6nc(C)sc6c5Cl)c4c(=O)n3C)C[C@H]2CN)n1. The average molecular weight is 527 g/mol. The monoisotopic (exact) mass is 526 g/mol. The molecule has 0 spiro atoms. The Kier molecular flexibility index (Phi) is 5.40. The summed E-state index contributed by atoms with van der Waals surface area (Å²) in [5.41, 5.74) is 9.44. The van der Waals surface area contributed by atoms with Crippen LogP contribution in [-0.4, -0.2) is 49.4 Å². The molecule has 6 rings (SSSR count). The second-order valence-corrected chi connectivity index (χ2v) is 11.4. The summed E-state index contributed by atoms with van der Waals surface area (Å²) in [4.78, 5) is 29.7. The number of aryl methyl sites for hydroxylation is 2. The maximum atomic E-state index is 13.6. The first-order chi connectivity index (χ1) is 16.9. The zero-order chi connectivity index (χ0) is 24.4. The van der Waals surface area contributed by atoms with Crippen LogP contribution in [0.25, 0.3) is 32.5 Å². The fraction of sp³-hybridized carbons (Fsp3) is 0.348. The second-order valence-electron chi connectivity index (χ2n) is 8.92. The maximum absolute atomic E-state index is 13.6. The minimum Gasteiger partial charge on any atom is -0.341 e. The van der Waals surface area contributed by atoms with E-state index < -0.39 is 0 Å². The van der Waals surface area contributed by atoms with Gasteiger partial charge in [0.1, 0.15) is 5.39 Å². The number of hydrogen-bond donors (Lipinski definition) is 2. The molecule has 2 atom stereocenters. The molecule has 1 aliphatic rings. The van der Waals surface area contributed by atoms with Gasteiger partial charge < -0.3 is 10.6 Å². The number of thiazole rings is 2. The summed E-state index contributed by atoms with van der Waals surface area (Å²) in [5.74, 6) is 1.01. The van der Waals surface area contributed by atoms with Crippen LogP contribution in [-0.2, 0) is 7.05 Å². The Morgan fingerprint density at radius 2 is 2.06 bits per heavy atom. The number of nitrogens with one attached hydrogen (secondary N) is 1. The van der Waals surface area contributed by atoms with Crippen LogP contribution in [0.2, 0.25) is 5.02 Å². The van der Waals surface area contributed by atoms with E-state index in [-0.39, 0.29) is 17.4 Å². The van der Waals surface area contributed by atoms with Crippen LogP contribution in [0.15, 0.2) is 22.3 Å². The van der Waals surface area contributed by atoms with E-state index in [1.54, 1.807) is 23.0 Å². The third kappa shape index (κ3) is 3.56. The number of nitrogens with zero attached hydrogens (tertiary/aromatic N) is 6. The van der Waals surface area contributed by atoms with Crippen LogP contribution >= 0.6 is 34.3 Å². The first-order valence-electron chi connectivity index (χ1n) is 11.2. The third-order valence-corrected chi connectivity index (χ3v) is 9.23. The summed E-state index contributed by atoms with van der Waals surface area (Å²) in [6, 6.07) is 3.79. The normalized spacial score (nSPS) is 18.4. The number of benzene rings is 1. The van der Waals surface area contributed by atoms with Gasteiger partial charge in [-0.1, -0.05) is 11.6 Å². The van der Waals surface area contributed by atoms with Crippen LogP contribution in [0, 0.1) is 19.8 Å². The molecule has 3 N–H and O–H groups in total. The fourth-order valence-electron chi connectivity index (χ4n) is 4.88. The zero-order valence-corrected chi connectivity index (χ0v) is 21.8. The molecule has 0 aliphatic carbocycles. The summed E-state index contributed by atoms with van der Waals surface area (Å²) in [7, 11) is 1.75. The Morgan fingerprint density at radius 1 is 1.23 bits per heavy atom. The quantitative estimate of drug-likeness (QED) is 0.365. The van der Waals surface area contributed by atoms with Crippen molar-refractivity contribution in [1.82, 2.24) is 29.7 Å². The summed E-state index contributed by atoms with van der Waals surface area (Å²) in [6.45, 7) is 5.89. The lowest BCUT2D eigenvalue weighted by Gasteiger charge is -2.19. The summed E-state index contributed by atoms with van der Waals surface area (Å²) in [5, 5.41) is 12.5. The van der Waals surface area contributed by atoms with E-state index in [0.717, 1.165) is 25.9 Å². The molecule has 5 aromatic rings. The topological polar surface area (TPSA) is 119 Å². The number of aromatic nitrogens is 6. The standard InChI is InChI=1S/C23H23ClN8OS2/c1-10-9-34-21(26-10)14-8-32(7-12(14)6-25)23-28-20-16(22(33)31(23)3)18(29-30-20)13-4-5-15-19(17(13)24)35-11(2)27-15/h4-5,9,12,14H,6-8,25H2,1-3H3,(H,29,30)/t12-,14+/m1/s1. The number of rotatable bonds is 4. The number of aromatic amines is 1. The van der Waals surface area contributed by atoms with Crippen molar-refractivity contribution in [2.45, 2.75) is 19.8 Å². The van der Waals surface area contributed by atoms with Crippen molar-refractivity contribution in [3.63, 3.8) is 0 Å². The lowest BCUT2D eigenvalue weighted by atomic mass is 9.97. The van der Waals surface area contributed by atoms with Crippen molar-refractivity contribution in [2.24, 2.45) is 18.7 Å². The fourth-order valence-corrected chi connectivity index (χ4v) is 7.09. The highest BCUT2D eigenvalue weighted by Crippen LogP contribution is 2.39. The molecule has 1 fully saturated rings. The predicted molar refractivity (Wildman–Crippen MR) is 142 cm³/mol. The van der Waals surface area contributed by atoms with Gasteiger partial charge in [-0.2, -0.15) is 10.1 Å². The lowest BCUT2D eigenvalue weighted by Crippen LogP contribution is -2.31. The number of anilines is 1. The van der Waals surface area contributed by atoms with Gasteiger partial charge in [0, 0.05) is 42.7 Å². The van der Waals surface area contributed by atoms with Crippen LogP contribution in [0.1, 0.15) is 21.6 Å². The summed E-state index contributed by atoms with van der Waals surface area (Å²) in [6.07, 6.45) is 0. The Hall–Kier alpha value is -2.86. The molecule has 1 saturated heterocycles. The van der Waals surface area contributed by atoms with E-state index >= 15 is 0 Å². The molecule has 1 aromatic carbocycles. The van der Waals surface area contributed by atoms with Crippen molar-refractivity contribution in [1.29, 1.82) is 0 Å². The molecule has 0 radical (unpaired) electrons. The zero-order valence-electron chi connectivity index (χ0n) is 19.4. The van der Waals surface area contributed by atoms with Crippen molar-refractivity contribution < 1.29 is 0 Å². The minimum atomic E-state index is -0.178. The number of nitrogens with two attached hydrogens (primary N) is 1. The maximum Gasteiger partial charge on any atom is 0.266 e. The Bertz CT molecular complexity index is 1650. The molecular weight excluding hydrogens is 504 g/mol. The Morgan fingerprint density at radius 3 is 2.80 bits per heavy atom. The van der Waals surface area contributed by atoms with Crippen LogP contribution < -0.4 is 16.2 Å². The Balaban J connectivity index is 1.43. The van der Waals surface area contributed by atoms with E-state index in [9.17, 15) is 4.79 Å². The van der Waals surface area contributed by atoms with E-state index in [1.165, 1.54) is 11.3 Å². The van der Waals surface area contributed by atoms with Crippen molar-refractivity contribution in [3.8, 4) is 11.3 Å². The van der Waals surface area contributed by atoms with Crippen LogP contribution in [0.3, 0.4) is 0 Å². The van der Waals surface area contributed by atoms with Crippen LogP contribution in [0.5, 0.6) is 0 Å². The first-order valence-corrected chi connectivity index (χ1v) is 13.3. The molecule has 0 unspecified atom stereocenters. The highest BCUT2D eigenvalue weighted by molar-refractivity contribution is 7.19. The number of fused-ring (bicyclic) bond motifs is 2. The van der Waals surface area contributed by atoms with Gasteiger partial charge >= 0.3 is 0 Å². The molecule has 0 saturated carbocycles. The molecule has 0 bridgehead atoms. The smallest absolute Gasteiger partial charge is 0.266 e. The molecule has 4 aromatic heterocycles. The minimum absolute atomic E-state index is 0.178. The van der Waals surface area contributed by atoms with E-state index in [2.05, 4.69) is 25.5 Å². The highest BCUT2D eigenvalue weighted by Gasteiger charge is 2.37. The van der Waals surface area contributed by atoms with Gasteiger partial charge in [-0.05, 0) is 38.4 Å². The van der Waals surface area contributed by atoms with Gasteiger partial charge in [-0.25, -0.2) is 9.97 Å². The first kappa shape index (κ1) is 22.6. The van der Waals surface area contributed by atoms with Gasteiger partial charge in [0.2, 0.25) is 5.95 Å². The number of hydrogen-bond acceptors (Lipinski definition) is 9. The summed E-state index contributed by atoms with van der Waals surface area (Å²) >= 11 is 9.94. The second kappa shape index (κ2) is 8.37. The molecule has 0 amide bonds. The molecule has 180 valence electrons. The Labute approximate surface area is 213 Å². The van der Waals surface area contributed by atoms with Gasteiger partial charge in [0.25, 0.3) is 5.56 Å². The molecule has 1 aliphatic heterocycles. The predicted octanol–water partition coefficient (Wildman–Crippen LogP) is 3.84. The van der Waals surface area contributed by atoms with Crippen molar-refractivity contribution in [2.75, 3.05) is 24.5 Å². The number of halogens is 1. The molecule has 35 heavy (non-hydrogen) atoms. The van der Waals surface area contributed by atoms with E-state index in [4.69, 9.17) is 27.3 Å². The molecular formula is C23H23ClN8OS2. The van der Waals surface area contributed by atoms with Gasteiger partial charge in [-0.3, -0.25) is 14.5 Å². The van der Waals surface area contributed by atoms with E-state index in [0.29, 0.717) is 52.9 Å². The van der Waals surface area contributed by atoms with Gasteiger partial charge in [0.05, 0.1) is 30.9 Å². The van der Waals surface area contributed by atoms with Crippen molar-refractivity contribution >= 4 is 61.5 Å². The van der Waals surface area contributed by atoms with Gasteiger partial charge in [-0.15, -0.1) is 22.7 Å². The number of H-pyrrole nitrogens is 1. The van der Waals surface area contributed by atoms with Crippen molar-refractivity contribution in [3.05, 3.63) is 48.6 Å². The lowest BCUT2D eigenvalue weighted by molar-refractivity contribution is 0.529. The largest absolute Gasteiger partial charge is 0.341 e. The molecule has 5 heterocycles. The molecule has 12 heteroatoms. The molecule has 9 nitrogen and oxygen atoms in total. The third-order valence-electron chi connectivity index (χ3n) is 6.63.